The molecule has 15 heavy (non-hydrogen) atoms. The summed E-state index contributed by atoms with van der Waals surface area (Å²) in [6, 6.07) is 0. The van der Waals surface area contributed by atoms with Crippen molar-refractivity contribution in [2.24, 2.45) is 5.92 Å². The van der Waals surface area contributed by atoms with E-state index in [-0.39, 0.29) is 11.9 Å². The molecule has 0 aliphatic heterocycles. The van der Waals surface area contributed by atoms with Crippen LogP contribution in [0.5, 0.6) is 0 Å². The number of hydrogen-bond acceptors (Lipinski definition) is 2. The van der Waals surface area contributed by atoms with E-state index < -0.39 is 0 Å². The van der Waals surface area contributed by atoms with Crippen LogP contribution in [0.1, 0.15) is 53.4 Å². The van der Waals surface area contributed by atoms with Crippen LogP contribution >= 0.6 is 0 Å². The lowest BCUT2D eigenvalue weighted by Gasteiger charge is -2.13. The SMILES string of the molecule is CC(=O)CCC=C(C)CC(O)CC(C)C. The molecular weight excluding hydrogens is 188 g/mol. The smallest absolute Gasteiger partial charge is 0.130 e. The largest absolute Gasteiger partial charge is 0.393 e. The number of aliphatic hydroxyl groups excluding tert-OH is 1. The Bertz CT molecular complexity index is 217. The summed E-state index contributed by atoms with van der Waals surface area (Å²) in [5.41, 5.74) is 1.18. The molecule has 0 radical (unpaired) electrons. The van der Waals surface area contributed by atoms with E-state index in [1.54, 1.807) is 6.92 Å². The Balaban J connectivity index is 3.79. The lowest BCUT2D eigenvalue weighted by Crippen LogP contribution is -2.10. The molecule has 1 unspecified atom stereocenters. The van der Waals surface area contributed by atoms with Crippen molar-refractivity contribution < 1.29 is 9.90 Å². The van der Waals surface area contributed by atoms with E-state index in [1.165, 1.54) is 5.57 Å². The van der Waals surface area contributed by atoms with Crippen LogP contribution in [0.4, 0.5) is 0 Å². The van der Waals surface area contributed by atoms with Crippen molar-refractivity contribution in [3.8, 4) is 0 Å². The number of allylic oxidation sites excluding steroid dienone is 1. The van der Waals surface area contributed by atoms with Crippen molar-refractivity contribution in [3.05, 3.63) is 11.6 Å². The van der Waals surface area contributed by atoms with Gasteiger partial charge in [-0.05, 0) is 39.0 Å². The standard InChI is InChI=1S/C13H24O2/c1-10(2)8-13(15)9-11(3)6-5-7-12(4)14/h6,10,13,15H,5,7-9H2,1-4H3. The van der Waals surface area contributed by atoms with Crippen molar-refractivity contribution in [2.75, 3.05) is 0 Å². The molecule has 0 aromatic carbocycles. The van der Waals surface area contributed by atoms with E-state index in [4.69, 9.17) is 0 Å². The number of carbonyl (C=O) groups excluding carboxylic acids is 1. The van der Waals surface area contributed by atoms with Gasteiger partial charge in [0.05, 0.1) is 6.10 Å². The summed E-state index contributed by atoms with van der Waals surface area (Å²) >= 11 is 0. The van der Waals surface area contributed by atoms with Gasteiger partial charge in [0.15, 0.2) is 0 Å². The molecule has 88 valence electrons. The first-order valence-electron chi connectivity index (χ1n) is 5.75. The van der Waals surface area contributed by atoms with Crippen LogP contribution in [0, 0.1) is 5.92 Å². The van der Waals surface area contributed by atoms with Gasteiger partial charge in [0.25, 0.3) is 0 Å². The van der Waals surface area contributed by atoms with Crippen molar-refractivity contribution in [1.29, 1.82) is 0 Å². The van der Waals surface area contributed by atoms with Crippen LogP contribution in [0.15, 0.2) is 11.6 Å². The Hall–Kier alpha value is -0.630. The van der Waals surface area contributed by atoms with Crippen LogP contribution in [-0.4, -0.2) is 17.0 Å². The molecule has 0 fully saturated rings. The molecule has 0 aromatic rings. The first-order valence-corrected chi connectivity index (χ1v) is 5.75. The van der Waals surface area contributed by atoms with E-state index in [2.05, 4.69) is 19.9 Å². The predicted molar refractivity (Wildman–Crippen MR) is 63.8 cm³/mol. The minimum Gasteiger partial charge on any atom is -0.393 e. The molecule has 0 aromatic heterocycles. The van der Waals surface area contributed by atoms with E-state index in [0.29, 0.717) is 12.3 Å². The fourth-order valence-corrected chi connectivity index (χ4v) is 1.60. The van der Waals surface area contributed by atoms with Crippen LogP contribution in [0.3, 0.4) is 0 Å². The molecule has 2 nitrogen and oxygen atoms in total. The summed E-state index contributed by atoms with van der Waals surface area (Å²) in [6.07, 6.45) is 4.81. The second kappa shape index (κ2) is 7.63. The van der Waals surface area contributed by atoms with Gasteiger partial charge in [-0.25, -0.2) is 0 Å². The first kappa shape index (κ1) is 14.4. The summed E-state index contributed by atoms with van der Waals surface area (Å²) < 4.78 is 0. The van der Waals surface area contributed by atoms with Gasteiger partial charge in [-0.3, -0.25) is 0 Å². The Labute approximate surface area is 93.4 Å². The van der Waals surface area contributed by atoms with Gasteiger partial charge in [-0.15, -0.1) is 0 Å². The molecule has 0 spiro atoms. The lowest BCUT2D eigenvalue weighted by molar-refractivity contribution is -0.116. The lowest BCUT2D eigenvalue weighted by atomic mass is 9.99. The van der Waals surface area contributed by atoms with E-state index in [1.807, 2.05) is 6.92 Å². The topological polar surface area (TPSA) is 37.3 Å². The fourth-order valence-electron chi connectivity index (χ4n) is 1.60. The molecule has 0 amide bonds. The van der Waals surface area contributed by atoms with Gasteiger partial charge < -0.3 is 9.90 Å². The molecule has 2 heteroatoms. The molecule has 0 aliphatic carbocycles. The van der Waals surface area contributed by atoms with Crippen molar-refractivity contribution >= 4 is 5.78 Å². The highest BCUT2D eigenvalue weighted by Crippen LogP contribution is 2.13. The number of Topliss-reactive ketones (excluding diaryl/α,β-unsaturated/α-hetero) is 1. The maximum atomic E-state index is 10.7. The third-order valence-corrected chi connectivity index (χ3v) is 2.29. The van der Waals surface area contributed by atoms with Gasteiger partial charge >= 0.3 is 0 Å². The number of ketones is 1. The van der Waals surface area contributed by atoms with Gasteiger partial charge in [-0.1, -0.05) is 25.5 Å². The van der Waals surface area contributed by atoms with Crippen LogP contribution in [0.25, 0.3) is 0 Å². The highest BCUT2D eigenvalue weighted by atomic mass is 16.3. The molecule has 0 heterocycles. The van der Waals surface area contributed by atoms with E-state index >= 15 is 0 Å². The first-order chi connectivity index (χ1) is 6.91. The molecule has 1 N–H and O–H groups in total. The zero-order valence-electron chi connectivity index (χ0n) is 10.4. The monoisotopic (exact) mass is 212 g/mol. The summed E-state index contributed by atoms with van der Waals surface area (Å²) in [5, 5.41) is 9.69. The van der Waals surface area contributed by atoms with Crippen molar-refractivity contribution in [1.82, 2.24) is 0 Å². The van der Waals surface area contributed by atoms with Gasteiger partial charge in [0.1, 0.15) is 5.78 Å². The summed E-state index contributed by atoms with van der Waals surface area (Å²) in [6.45, 7) is 7.84. The summed E-state index contributed by atoms with van der Waals surface area (Å²) in [5.74, 6) is 0.756. The number of hydrogen-bond donors (Lipinski definition) is 1. The highest BCUT2D eigenvalue weighted by Gasteiger charge is 2.07. The number of rotatable bonds is 7. The van der Waals surface area contributed by atoms with Crippen molar-refractivity contribution in [2.45, 2.75) is 59.5 Å². The average molecular weight is 212 g/mol. The Morgan fingerprint density at radius 1 is 1.33 bits per heavy atom. The third kappa shape index (κ3) is 9.67. The molecule has 1 atom stereocenters. The van der Waals surface area contributed by atoms with Crippen LogP contribution in [-0.2, 0) is 4.79 Å². The van der Waals surface area contributed by atoms with E-state index in [0.717, 1.165) is 19.3 Å². The van der Waals surface area contributed by atoms with Crippen LogP contribution in [0.2, 0.25) is 0 Å². The molecule has 0 aliphatic rings. The Morgan fingerprint density at radius 2 is 1.93 bits per heavy atom. The number of aliphatic hydroxyl groups is 1. The summed E-state index contributed by atoms with van der Waals surface area (Å²) in [4.78, 5) is 10.7. The van der Waals surface area contributed by atoms with Gasteiger partial charge in [-0.2, -0.15) is 0 Å². The second-order valence-electron chi connectivity index (χ2n) is 4.78. The Morgan fingerprint density at radius 3 is 2.40 bits per heavy atom. The quantitative estimate of drug-likeness (QED) is 0.658. The third-order valence-electron chi connectivity index (χ3n) is 2.29. The number of carbonyl (C=O) groups is 1. The maximum absolute atomic E-state index is 10.7. The van der Waals surface area contributed by atoms with Gasteiger partial charge in [0.2, 0.25) is 0 Å². The zero-order chi connectivity index (χ0) is 11.8. The molecule has 0 saturated carbocycles. The minimum atomic E-state index is -0.237. The zero-order valence-corrected chi connectivity index (χ0v) is 10.4. The Kier molecular flexibility index (Phi) is 7.31. The average Bonchev–Trinajstić information content (AvgIpc) is 2.00. The maximum Gasteiger partial charge on any atom is 0.130 e. The van der Waals surface area contributed by atoms with Crippen molar-refractivity contribution in [3.63, 3.8) is 0 Å². The predicted octanol–water partition coefficient (Wildman–Crippen LogP) is 3.10. The normalized spacial score (nSPS) is 14.4. The molecular formula is C13H24O2. The minimum absolute atomic E-state index is 0.224. The van der Waals surface area contributed by atoms with Crippen LogP contribution < -0.4 is 0 Å². The highest BCUT2D eigenvalue weighted by molar-refractivity contribution is 5.75. The van der Waals surface area contributed by atoms with Gasteiger partial charge in [0, 0.05) is 6.42 Å². The molecule has 0 bridgehead atoms. The fraction of sp³-hybridized carbons (Fsp3) is 0.769. The van der Waals surface area contributed by atoms with E-state index in [9.17, 15) is 9.90 Å². The second-order valence-corrected chi connectivity index (χ2v) is 4.78. The molecule has 0 saturated heterocycles. The molecule has 0 rings (SSSR count). The summed E-state index contributed by atoms with van der Waals surface area (Å²) in [7, 11) is 0.